The number of rotatable bonds is 4. The number of aliphatic hydroxyl groups is 1. The summed E-state index contributed by atoms with van der Waals surface area (Å²) in [6.45, 7) is 4.88. The van der Waals surface area contributed by atoms with E-state index in [-0.39, 0.29) is 18.1 Å². The molecule has 0 spiro atoms. The molecule has 1 fully saturated rings. The SMILES string of the molecule is CC(C)c1nc2cc(CNC3CCCC3O)cc(Br)c2o1. The van der Waals surface area contributed by atoms with Crippen molar-refractivity contribution in [2.45, 2.75) is 57.7 Å². The first-order valence-electron chi connectivity index (χ1n) is 7.55. The first kappa shape index (κ1) is 15.0. The Balaban J connectivity index is 1.79. The average molecular weight is 353 g/mol. The predicted molar refractivity (Wildman–Crippen MR) is 86.3 cm³/mol. The maximum Gasteiger partial charge on any atom is 0.198 e. The van der Waals surface area contributed by atoms with Crippen molar-refractivity contribution in [2.75, 3.05) is 0 Å². The van der Waals surface area contributed by atoms with Crippen LogP contribution in [0.3, 0.4) is 0 Å². The molecule has 1 aliphatic rings. The minimum absolute atomic E-state index is 0.211. The summed E-state index contributed by atoms with van der Waals surface area (Å²) < 4.78 is 6.73. The van der Waals surface area contributed by atoms with E-state index in [2.05, 4.69) is 52.2 Å². The lowest BCUT2D eigenvalue weighted by Gasteiger charge is -2.16. The number of aromatic nitrogens is 1. The number of hydrogen-bond donors (Lipinski definition) is 2. The number of fused-ring (bicyclic) bond motifs is 1. The summed E-state index contributed by atoms with van der Waals surface area (Å²) in [6, 6.07) is 4.33. The van der Waals surface area contributed by atoms with Crippen LogP contribution in [0.15, 0.2) is 21.0 Å². The van der Waals surface area contributed by atoms with E-state index in [0.717, 1.165) is 52.8 Å². The number of halogens is 1. The molecule has 0 bridgehead atoms. The highest BCUT2D eigenvalue weighted by Gasteiger charge is 2.24. The van der Waals surface area contributed by atoms with Gasteiger partial charge < -0.3 is 14.8 Å². The fourth-order valence-corrected chi connectivity index (χ4v) is 3.42. The Bertz CT molecular complexity index is 638. The van der Waals surface area contributed by atoms with Crippen molar-refractivity contribution in [3.8, 4) is 0 Å². The molecule has 2 unspecified atom stereocenters. The molecule has 114 valence electrons. The zero-order chi connectivity index (χ0) is 15.0. The zero-order valence-electron chi connectivity index (χ0n) is 12.4. The van der Waals surface area contributed by atoms with Crippen LogP contribution in [0.5, 0.6) is 0 Å². The van der Waals surface area contributed by atoms with E-state index in [1.807, 2.05) is 0 Å². The van der Waals surface area contributed by atoms with E-state index in [9.17, 15) is 5.11 Å². The lowest BCUT2D eigenvalue weighted by atomic mass is 10.1. The van der Waals surface area contributed by atoms with Crippen molar-refractivity contribution in [2.24, 2.45) is 0 Å². The first-order chi connectivity index (χ1) is 10.0. The Morgan fingerprint density at radius 2 is 2.24 bits per heavy atom. The monoisotopic (exact) mass is 352 g/mol. The molecule has 2 N–H and O–H groups in total. The van der Waals surface area contributed by atoms with Gasteiger partial charge in [-0.25, -0.2) is 4.98 Å². The number of nitrogens with zero attached hydrogens (tertiary/aromatic N) is 1. The van der Waals surface area contributed by atoms with Gasteiger partial charge in [-0.15, -0.1) is 0 Å². The molecule has 0 aliphatic heterocycles. The zero-order valence-corrected chi connectivity index (χ0v) is 14.0. The maximum absolute atomic E-state index is 9.86. The van der Waals surface area contributed by atoms with Crippen molar-refractivity contribution in [3.05, 3.63) is 28.1 Å². The molecule has 1 heterocycles. The Morgan fingerprint density at radius 1 is 1.43 bits per heavy atom. The van der Waals surface area contributed by atoms with E-state index >= 15 is 0 Å². The normalized spacial score (nSPS) is 22.5. The van der Waals surface area contributed by atoms with Crippen LogP contribution in [0.2, 0.25) is 0 Å². The highest BCUT2D eigenvalue weighted by atomic mass is 79.9. The highest BCUT2D eigenvalue weighted by molar-refractivity contribution is 9.10. The molecule has 0 saturated heterocycles. The number of hydrogen-bond acceptors (Lipinski definition) is 4. The van der Waals surface area contributed by atoms with Crippen LogP contribution < -0.4 is 5.32 Å². The minimum atomic E-state index is -0.211. The summed E-state index contributed by atoms with van der Waals surface area (Å²) in [5.74, 6) is 1.04. The van der Waals surface area contributed by atoms with Gasteiger partial charge in [0.05, 0.1) is 10.6 Å². The fraction of sp³-hybridized carbons (Fsp3) is 0.562. The summed E-state index contributed by atoms with van der Waals surface area (Å²) in [5, 5.41) is 13.3. The fourth-order valence-electron chi connectivity index (χ4n) is 2.84. The molecule has 5 heteroatoms. The molecule has 1 aromatic heterocycles. The van der Waals surface area contributed by atoms with Crippen molar-refractivity contribution in [1.29, 1.82) is 0 Å². The van der Waals surface area contributed by atoms with E-state index in [4.69, 9.17) is 4.42 Å². The summed E-state index contributed by atoms with van der Waals surface area (Å²) in [6.07, 6.45) is 2.84. The van der Waals surface area contributed by atoms with E-state index in [1.165, 1.54) is 0 Å². The summed E-state index contributed by atoms with van der Waals surface area (Å²) >= 11 is 3.56. The quantitative estimate of drug-likeness (QED) is 0.880. The Kier molecular flexibility index (Phi) is 4.33. The molecule has 4 nitrogen and oxygen atoms in total. The number of aliphatic hydroxyl groups excluding tert-OH is 1. The van der Waals surface area contributed by atoms with E-state index in [1.54, 1.807) is 0 Å². The number of oxazole rings is 1. The molecule has 0 radical (unpaired) electrons. The Hall–Kier alpha value is -0.910. The average Bonchev–Trinajstić information content (AvgIpc) is 3.03. The van der Waals surface area contributed by atoms with E-state index in [0.29, 0.717) is 0 Å². The third-order valence-corrected chi connectivity index (χ3v) is 4.65. The minimum Gasteiger partial charge on any atom is -0.439 e. The van der Waals surface area contributed by atoms with Gasteiger partial charge in [-0.3, -0.25) is 0 Å². The summed E-state index contributed by atoms with van der Waals surface area (Å²) in [4.78, 5) is 4.55. The van der Waals surface area contributed by atoms with Gasteiger partial charge in [-0.2, -0.15) is 0 Å². The largest absolute Gasteiger partial charge is 0.439 e. The molecule has 1 aromatic carbocycles. The van der Waals surface area contributed by atoms with Gasteiger partial charge in [0.25, 0.3) is 0 Å². The van der Waals surface area contributed by atoms with Crippen molar-refractivity contribution < 1.29 is 9.52 Å². The molecule has 2 atom stereocenters. The van der Waals surface area contributed by atoms with Gasteiger partial charge in [0.2, 0.25) is 0 Å². The predicted octanol–water partition coefficient (Wildman–Crippen LogP) is 3.72. The van der Waals surface area contributed by atoms with Crippen LogP contribution >= 0.6 is 15.9 Å². The molecule has 3 rings (SSSR count). The summed E-state index contributed by atoms with van der Waals surface area (Å²) in [7, 11) is 0. The Morgan fingerprint density at radius 3 is 2.90 bits per heavy atom. The number of benzene rings is 1. The standard InChI is InChI=1S/C16H21BrN2O2/c1-9(2)16-19-13-7-10(6-11(17)15(13)21-16)8-18-12-4-3-5-14(12)20/h6-7,9,12,14,18,20H,3-5,8H2,1-2H3. The second-order valence-electron chi connectivity index (χ2n) is 6.12. The molecule has 1 saturated carbocycles. The van der Waals surface area contributed by atoms with Crippen molar-refractivity contribution >= 4 is 27.0 Å². The second-order valence-corrected chi connectivity index (χ2v) is 6.97. The van der Waals surface area contributed by atoms with Crippen LogP contribution in [0.1, 0.15) is 50.5 Å². The molecular formula is C16H21BrN2O2. The van der Waals surface area contributed by atoms with Crippen LogP contribution in [-0.2, 0) is 6.54 Å². The molecule has 21 heavy (non-hydrogen) atoms. The van der Waals surface area contributed by atoms with Crippen molar-refractivity contribution in [3.63, 3.8) is 0 Å². The van der Waals surface area contributed by atoms with Crippen LogP contribution in [0.25, 0.3) is 11.1 Å². The molecule has 0 amide bonds. The van der Waals surface area contributed by atoms with Gasteiger partial charge in [0.1, 0.15) is 5.52 Å². The molecule has 1 aliphatic carbocycles. The topological polar surface area (TPSA) is 58.3 Å². The molecule has 2 aromatic rings. The van der Waals surface area contributed by atoms with Gasteiger partial charge >= 0.3 is 0 Å². The van der Waals surface area contributed by atoms with Gasteiger partial charge in [0, 0.05) is 18.5 Å². The van der Waals surface area contributed by atoms with Gasteiger partial charge in [-0.1, -0.05) is 13.8 Å². The van der Waals surface area contributed by atoms with Crippen molar-refractivity contribution in [1.82, 2.24) is 10.3 Å². The lowest BCUT2D eigenvalue weighted by molar-refractivity contribution is 0.148. The smallest absolute Gasteiger partial charge is 0.198 e. The van der Waals surface area contributed by atoms with Gasteiger partial charge in [0.15, 0.2) is 11.5 Å². The number of nitrogens with one attached hydrogen (secondary N) is 1. The third-order valence-electron chi connectivity index (χ3n) is 4.06. The van der Waals surface area contributed by atoms with E-state index < -0.39 is 0 Å². The Labute approximate surface area is 133 Å². The maximum atomic E-state index is 9.86. The highest BCUT2D eigenvalue weighted by Crippen LogP contribution is 2.29. The first-order valence-corrected chi connectivity index (χ1v) is 8.34. The van der Waals surface area contributed by atoms with Crippen LogP contribution in [0, 0.1) is 0 Å². The molecular weight excluding hydrogens is 332 g/mol. The lowest BCUT2D eigenvalue weighted by Crippen LogP contribution is -2.35. The second kappa shape index (κ2) is 6.07. The van der Waals surface area contributed by atoms with Gasteiger partial charge in [-0.05, 0) is 52.9 Å². The van der Waals surface area contributed by atoms with Crippen LogP contribution in [0.4, 0.5) is 0 Å². The van der Waals surface area contributed by atoms with Crippen LogP contribution in [-0.4, -0.2) is 22.2 Å². The summed E-state index contributed by atoms with van der Waals surface area (Å²) in [5.41, 5.74) is 2.84. The third kappa shape index (κ3) is 3.15.